The molecule has 1 aliphatic rings. The molecular weight excluding hydrogens is 395 g/mol. The van der Waals surface area contributed by atoms with E-state index in [1.807, 2.05) is 0 Å². The summed E-state index contributed by atoms with van der Waals surface area (Å²) in [5, 5.41) is 13.9. The van der Waals surface area contributed by atoms with Crippen LogP contribution in [0.3, 0.4) is 0 Å². The first-order valence-corrected chi connectivity index (χ1v) is 10.0. The number of ether oxygens (including phenoxy) is 1. The fourth-order valence-corrected chi connectivity index (χ4v) is 4.27. The summed E-state index contributed by atoms with van der Waals surface area (Å²) in [6.45, 7) is 1.75. The Morgan fingerprint density at radius 3 is 3.00 bits per heavy atom. The minimum atomic E-state index is -1.58. The van der Waals surface area contributed by atoms with Crippen molar-refractivity contribution in [2.45, 2.75) is 18.8 Å². The fourth-order valence-electron chi connectivity index (χ4n) is 3.30. The first kappa shape index (κ1) is 18.9. The predicted octanol–water partition coefficient (Wildman–Crippen LogP) is 2.80. The minimum absolute atomic E-state index is 0.100. The third kappa shape index (κ3) is 3.40. The normalized spacial score (nSPS) is 18.1. The number of hydrogen-bond donors (Lipinski definition) is 2. The van der Waals surface area contributed by atoms with E-state index in [2.05, 4.69) is 20.9 Å². The van der Waals surface area contributed by atoms with Gasteiger partial charge >= 0.3 is 0 Å². The molecule has 8 nitrogen and oxygen atoms in total. The van der Waals surface area contributed by atoms with E-state index in [-0.39, 0.29) is 23.1 Å². The fraction of sp³-hybridized carbons (Fsp3) is 0.211. The Morgan fingerprint density at radius 2 is 2.24 bits per heavy atom. The average molecular weight is 412 g/mol. The Kier molecular flexibility index (Phi) is 4.68. The summed E-state index contributed by atoms with van der Waals surface area (Å²) in [6.07, 6.45) is 0.929. The highest BCUT2D eigenvalue weighted by Crippen LogP contribution is 2.37. The number of aromatic nitrogens is 3. The van der Waals surface area contributed by atoms with Crippen LogP contribution in [-0.2, 0) is 23.8 Å². The summed E-state index contributed by atoms with van der Waals surface area (Å²) in [5.41, 5.74) is 8.46. The molecule has 1 aliphatic heterocycles. The summed E-state index contributed by atoms with van der Waals surface area (Å²) < 4.78 is 36.9. The van der Waals surface area contributed by atoms with Gasteiger partial charge in [-0.15, -0.1) is 0 Å². The Morgan fingerprint density at radius 1 is 1.45 bits per heavy atom. The number of anilines is 2. The zero-order valence-corrected chi connectivity index (χ0v) is 16.5. The Labute approximate surface area is 168 Å². The molecule has 0 saturated heterocycles. The maximum absolute atomic E-state index is 13.9. The lowest BCUT2D eigenvalue weighted by atomic mass is 10.0. The molecule has 2 unspecified atom stereocenters. The molecule has 0 aliphatic carbocycles. The van der Waals surface area contributed by atoms with E-state index < -0.39 is 22.9 Å². The van der Waals surface area contributed by atoms with Gasteiger partial charge in [-0.25, -0.2) is 13.6 Å². The van der Waals surface area contributed by atoms with E-state index in [4.69, 9.17) is 10.5 Å². The average Bonchev–Trinajstić information content (AvgIpc) is 2.98. The number of aryl methyl sites for hydroxylation is 1. The smallest absolute Gasteiger partial charge is 0.169 e. The van der Waals surface area contributed by atoms with Crippen LogP contribution in [0.15, 0.2) is 30.5 Å². The maximum atomic E-state index is 13.9. The summed E-state index contributed by atoms with van der Waals surface area (Å²) >= 11 is 0. The van der Waals surface area contributed by atoms with Gasteiger partial charge in [0.15, 0.2) is 17.4 Å². The number of nitrogens with one attached hydrogen (secondary N) is 1. The third-order valence-corrected chi connectivity index (χ3v) is 5.66. The van der Waals surface area contributed by atoms with Crippen LogP contribution in [0.4, 0.5) is 16.0 Å². The number of fused-ring (bicyclic) bond motifs is 5. The highest BCUT2D eigenvalue weighted by Gasteiger charge is 2.24. The number of nitriles is 1. The van der Waals surface area contributed by atoms with Crippen molar-refractivity contribution in [3.63, 3.8) is 0 Å². The molecule has 3 N–H and O–H groups in total. The van der Waals surface area contributed by atoms with E-state index in [1.54, 1.807) is 26.1 Å². The van der Waals surface area contributed by atoms with Crippen molar-refractivity contribution >= 4 is 22.6 Å². The summed E-state index contributed by atoms with van der Waals surface area (Å²) in [4.78, 5) is 4.17. The van der Waals surface area contributed by atoms with E-state index in [1.165, 1.54) is 23.0 Å². The van der Waals surface area contributed by atoms with Crippen LogP contribution in [-0.4, -0.2) is 19.0 Å². The molecule has 0 spiro atoms. The van der Waals surface area contributed by atoms with Crippen LogP contribution in [0.1, 0.15) is 29.8 Å². The lowest BCUT2D eigenvalue weighted by Crippen LogP contribution is -2.14. The van der Waals surface area contributed by atoms with Crippen LogP contribution in [0.2, 0.25) is 0 Å². The third-order valence-electron chi connectivity index (χ3n) is 4.67. The highest BCUT2D eigenvalue weighted by atomic mass is 32.2. The molecule has 2 bridgehead atoms. The van der Waals surface area contributed by atoms with E-state index in [0.717, 1.165) is 0 Å². The number of nitrogens with two attached hydrogens (primary N) is 1. The molecule has 148 valence electrons. The van der Waals surface area contributed by atoms with Crippen molar-refractivity contribution < 1.29 is 13.3 Å². The molecule has 0 amide bonds. The van der Waals surface area contributed by atoms with Gasteiger partial charge in [-0.05, 0) is 36.2 Å². The van der Waals surface area contributed by atoms with Crippen molar-refractivity contribution in [3.8, 4) is 22.9 Å². The second-order valence-corrected chi connectivity index (χ2v) is 7.79. The number of nitrogen functional groups attached to an aromatic ring is 1. The predicted molar refractivity (Wildman–Crippen MR) is 106 cm³/mol. The lowest BCUT2D eigenvalue weighted by molar-refractivity contribution is 0.226. The zero-order chi connectivity index (χ0) is 20.7. The molecule has 10 heteroatoms. The van der Waals surface area contributed by atoms with Gasteiger partial charge in [0, 0.05) is 18.8 Å². The maximum Gasteiger partial charge on any atom is 0.169 e. The first-order valence-electron chi connectivity index (χ1n) is 8.70. The van der Waals surface area contributed by atoms with E-state index in [0.29, 0.717) is 28.0 Å². The topological polar surface area (TPSA) is 119 Å². The van der Waals surface area contributed by atoms with Gasteiger partial charge in [0.1, 0.15) is 34.7 Å². The van der Waals surface area contributed by atoms with Gasteiger partial charge < -0.3 is 10.5 Å². The Balaban J connectivity index is 1.94. The molecule has 1 aromatic carbocycles. The van der Waals surface area contributed by atoms with Crippen LogP contribution in [0, 0.1) is 17.1 Å². The minimum Gasteiger partial charge on any atom is -0.482 e. The van der Waals surface area contributed by atoms with Crippen molar-refractivity contribution in [1.29, 1.82) is 5.26 Å². The van der Waals surface area contributed by atoms with Gasteiger partial charge in [0.25, 0.3) is 0 Å². The van der Waals surface area contributed by atoms with E-state index >= 15 is 0 Å². The number of pyridine rings is 1. The van der Waals surface area contributed by atoms with Gasteiger partial charge in [-0.1, -0.05) is 6.07 Å². The molecule has 2 aromatic heterocycles. The molecule has 0 fully saturated rings. The van der Waals surface area contributed by atoms with Gasteiger partial charge in [0.05, 0.1) is 11.3 Å². The molecule has 4 rings (SSSR count). The zero-order valence-electron chi connectivity index (χ0n) is 15.6. The van der Waals surface area contributed by atoms with Gasteiger partial charge in [-0.3, -0.25) is 9.40 Å². The van der Waals surface area contributed by atoms with Crippen molar-refractivity contribution in [1.82, 2.24) is 14.8 Å². The number of rotatable bonds is 0. The Bertz CT molecular complexity index is 1190. The molecular formula is C19H17FN6O2S. The van der Waals surface area contributed by atoms with Crippen molar-refractivity contribution in [2.24, 2.45) is 7.05 Å². The standard InChI is InChI=1S/C19H17FN6O2S/c1-10-14-6-13(20)4-3-11(14)9-29(27)25-19-17(15(7-21)26(2)24-19)12-5-16(28-10)18(22)23-8-12/h3-6,8,10H,9H2,1-2H3,(H2,22,23)(H,24,25). The summed E-state index contributed by atoms with van der Waals surface area (Å²) in [7, 11) is 0.0431. The Hall–Kier alpha value is -3.45. The first-order chi connectivity index (χ1) is 13.9. The summed E-state index contributed by atoms with van der Waals surface area (Å²) in [6, 6.07) is 7.99. The number of nitrogens with zero attached hydrogens (tertiary/aromatic N) is 4. The molecule has 29 heavy (non-hydrogen) atoms. The van der Waals surface area contributed by atoms with E-state index in [9.17, 15) is 13.9 Å². The second kappa shape index (κ2) is 7.18. The van der Waals surface area contributed by atoms with Gasteiger partial charge in [-0.2, -0.15) is 10.4 Å². The molecule has 3 aromatic rings. The van der Waals surface area contributed by atoms with Crippen molar-refractivity contribution in [2.75, 3.05) is 10.5 Å². The quantitative estimate of drug-likeness (QED) is 0.586. The number of hydrogen-bond acceptors (Lipinski definition) is 6. The number of benzene rings is 1. The monoisotopic (exact) mass is 412 g/mol. The van der Waals surface area contributed by atoms with Crippen LogP contribution in [0.25, 0.3) is 11.1 Å². The van der Waals surface area contributed by atoms with Gasteiger partial charge in [0.2, 0.25) is 0 Å². The van der Waals surface area contributed by atoms with Crippen LogP contribution in [0.5, 0.6) is 5.75 Å². The van der Waals surface area contributed by atoms with Crippen LogP contribution >= 0.6 is 0 Å². The largest absolute Gasteiger partial charge is 0.482 e. The van der Waals surface area contributed by atoms with Crippen molar-refractivity contribution in [3.05, 3.63) is 53.1 Å². The lowest BCUT2D eigenvalue weighted by Gasteiger charge is -2.20. The second-order valence-electron chi connectivity index (χ2n) is 6.61. The number of halogens is 1. The summed E-state index contributed by atoms with van der Waals surface area (Å²) in [5.74, 6) is 0.414. The molecule has 3 heterocycles. The molecule has 0 saturated carbocycles. The SMILES string of the molecule is CC1Oc2cc(cnc2N)-c2c(nn(C)c2C#N)NS(=O)Cc2ccc(F)cc21. The molecule has 0 radical (unpaired) electrons. The molecule has 2 atom stereocenters. The van der Waals surface area contributed by atoms with Crippen LogP contribution < -0.4 is 15.2 Å². The highest BCUT2D eigenvalue weighted by molar-refractivity contribution is 7.85.